The maximum Gasteiger partial charge on any atom is 0.409 e. The lowest BCUT2D eigenvalue weighted by Crippen LogP contribution is -2.39. The van der Waals surface area contributed by atoms with Crippen molar-refractivity contribution < 1.29 is 27.5 Å². The predicted molar refractivity (Wildman–Crippen MR) is 128 cm³/mol. The summed E-state index contributed by atoms with van der Waals surface area (Å²) in [5.74, 6) is -0.958. The number of hydrogen-bond donors (Lipinski definition) is 2. The van der Waals surface area contributed by atoms with Crippen molar-refractivity contribution in [2.24, 2.45) is 0 Å². The summed E-state index contributed by atoms with van der Waals surface area (Å²) in [4.78, 5) is 42.8. The average molecular weight is 512 g/mol. The molecule has 0 aromatic carbocycles. The lowest BCUT2D eigenvalue weighted by Gasteiger charge is -2.31. The minimum absolute atomic E-state index is 0.0629. The van der Waals surface area contributed by atoms with Crippen LogP contribution in [0.2, 0.25) is 0 Å². The van der Waals surface area contributed by atoms with Crippen LogP contribution in [0, 0.1) is 0 Å². The zero-order chi connectivity index (χ0) is 24.7. The van der Waals surface area contributed by atoms with Gasteiger partial charge in [0.2, 0.25) is 15.9 Å². The number of likely N-dealkylation sites (tertiary alicyclic amines) is 1. The molecule has 0 saturated carbocycles. The number of amides is 3. The minimum atomic E-state index is -3.49. The molecule has 34 heavy (non-hydrogen) atoms. The molecule has 1 aliphatic heterocycles. The van der Waals surface area contributed by atoms with Gasteiger partial charge in [-0.25, -0.2) is 18.2 Å². The van der Waals surface area contributed by atoms with E-state index < -0.39 is 21.8 Å². The Labute approximate surface area is 202 Å². The van der Waals surface area contributed by atoms with Crippen molar-refractivity contribution in [3.63, 3.8) is 0 Å². The van der Waals surface area contributed by atoms with Gasteiger partial charge in [0, 0.05) is 36.8 Å². The van der Waals surface area contributed by atoms with Crippen LogP contribution in [0.5, 0.6) is 0 Å². The van der Waals surface area contributed by atoms with Crippen molar-refractivity contribution in [3.8, 4) is 0 Å². The summed E-state index contributed by atoms with van der Waals surface area (Å²) in [6, 6.07) is 1.36. The highest BCUT2D eigenvalue weighted by Crippen LogP contribution is 2.29. The molecule has 0 aliphatic carbocycles. The van der Waals surface area contributed by atoms with Gasteiger partial charge in [0.1, 0.15) is 0 Å². The van der Waals surface area contributed by atoms with E-state index in [1.54, 1.807) is 4.90 Å². The summed E-state index contributed by atoms with van der Waals surface area (Å²) in [7, 11) is -3.49. The van der Waals surface area contributed by atoms with Crippen LogP contribution < -0.4 is 10.6 Å². The molecule has 1 atom stereocenters. The minimum Gasteiger partial charge on any atom is -0.449 e. The standard InChI is InChI=1S/C21H29N5O6S2/c1-3-4-10-32-21(29)25-8-5-6-15(12-25)17-14-33-20(23-17)24-18(27)11-22-19(28)16-7-9-26(13-16)34(2,30)31/h7,9,13-15H,3-6,8,10-12H2,1-2H3,(H,22,28)(H,23,24,27). The van der Waals surface area contributed by atoms with E-state index in [9.17, 15) is 22.8 Å². The lowest BCUT2D eigenvalue weighted by molar-refractivity contribution is -0.115. The van der Waals surface area contributed by atoms with Gasteiger partial charge in [-0.1, -0.05) is 13.3 Å². The van der Waals surface area contributed by atoms with Crippen LogP contribution in [-0.4, -0.2) is 72.7 Å². The molecule has 3 rings (SSSR count). The third kappa shape index (κ3) is 7.03. The number of carbonyl (C=O) groups excluding carboxylic acids is 3. The molecule has 0 radical (unpaired) electrons. The summed E-state index contributed by atoms with van der Waals surface area (Å²) in [5.41, 5.74) is 0.933. The van der Waals surface area contributed by atoms with Gasteiger partial charge in [-0.05, 0) is 25.3 Å². The molecule has 2 aromatic heterocycles. The van der Waals surface area contributed by atoms with E-state index in [1.165, 1.54) is 29.8 Å². The van der Waals surface area contributed by atoms with Crippen molar-refractivity contribution in [1.82, 2.24) is 19.2 Å². The summed E-state index contributed by atoms with van der Waals surface area (Å²) >= 11 is 1.27. The highest BCUT2D eigenvalue weighted by molar-refractivity contribution is 7.89. The topological polar surface area (TPSA) is 140 Å². The van der Waals surface area contributed by atoms with Crippen LogP contribution >= 0.6 is 11.3 Å². The third-order valence-electron chi connectivity index (χ3n) is 5.31. The Morgan fingerprint density at radius 2 is 2.12 bits per heavy atom. The lowest BCUT2D eigenvalue weighted by atomic mass is 9.96. The van der Waals surface area contributed by atoms with Gasteiger partial charge < -0.3 is 20.3 Å². The van der Waals surface area contributed by atoms with Crippen LogP contribution in [0.15, 0.2) is 23.8 Å². The number of aromatic nitrogens is 2. The summed E-state index contributed by atoms with van der Waals surface area (Å²) in [6.45, 7) is 3.34. The second-order valence-corrected chi connectivity index (χ2v) is 10.8. The molecule has 186 valence electrons. The summed E-state index contributed by atoms with van der Waals surface area (Å²) < 4.78 is 29.2. The van der Waals surface area contributed by atoms with Gasteiger partial charge in [0.25, 0.3) is 5.91 Å². The first-order valence-corrected chi connectivity index (χ1v) is 13.7. The van der Waals surface area contributed by atoms with E-state index in [1.807, 2.05) is 12.3 Å². The van der Waals surface area contributed by atoms with Gasteiger partial charge in [-0.2, -0.15) is 0 Å². The molecule has 11 nitrogen and oxygen atoms in total. The van der Waals surface area contributed by atoms with Gasteiger partial charge in [0.05, 0.1) is 30.7 Å². The summed E-state index contributed by atoms with van der Waals surface area (Å²) in [6.07, 6.45) is 6.70. The quantitative estimate of drug-likeness (QED) is 0.492. The SMILES string of the molecule is CCCCOC(=O)N1CCCC(c2csc(NC(=O)CNC(=O)c3ccn(S(C)(=O)=O)c3)n2)C1. The fourth-order valence-corrected chi connectivity index (χ4v) is 4.85. The van der Waals surface area contributed by atoms with Crippen molar-refractivity contribution >= 4 is 44.4 Å². The Bertz CT molecular complexity index is 1130. The van der Waals surface area contributed by atoms with E-state index >= 15 is 0 Å². The van der Waals surface area contributed by atoms with Gasteiger partial charge in [0.15, 0.2) is 5.13 Å². The molecule has 2 aromatic rings. The number of nitrogens with zero attached hydrogens (tertiary/aromatic N) is 3. The molecule has 2 N–H and O–H groups in total. The number of piperidine rings is 1. The average Bonchev–Trinajstić information content (AvgIpc) is 3.48. The molecule has 1 fully saturated rings. The molecule has 3 heterocycles. The molecular weight excluding hydrogens is 482 g/mol. The molecule has 1 aliphatic rings. The van der Waals surface area contributed by atoms with Crippen molar-refractivity contribution in [3.05, 3.63) is 35.1 Å². The Kier molecular flexibility index (Phi) is 8.67. The number of anilines is 1. The van der Waals surface area contributed by atoms with Gasteiger partial charge >= 0.3 is 6.09 Å². The predicted octanol–water partition coefficient (Wildman–Crippen LogP) is 2.24. The second kappa shape index (κ2) is 11.5. The van der Waals surface area contributed by atoms with E-state index in [0.29, 0.717) is 24.8 Å². The maximum absolute atomic E-state index is 12.2. The third-order valence-corrected chi connectivity index (χ3v) is 7.08. The first-order valence-electron chi connectivity index (χ1n) is 11.0. The fourth-order valence-electron chi connectivity index (χ4n) is 3.45. The van der Waals surface area contributed by atoms with E-state index in [4.69, 9.17) is 4.74 Å². The molecule has 1 unspecified atom stereocenters. The highest BCUT2D eigenvalue weighted by Gasteiger charge is 2.27. The van der Waals surface area contributed by atoms with Crippen LogP contribution in [0.3, 0.4) is 0 Å². The van der Waals surface area contributed by atoms with Crippen LogP contribution in [0.1, 0.15) is 54.6 Å². The van der Waals surface area contributed by atoms with Crippen molar-refractivity contribution in [1.29, 1.82) is 0 Å². The molecule has 0 spiro atoms. The number of ether oxygens (including phenoxy) is 1. The first kappa shape index (κ1) is 25.7. The number of thiazole rings is 1. The highest BCUT2D eigenvalue weighted by atomic mass is 32.2. The molecular formula is C21H29N5O6S2. The summed E-state index contributed by atoms with van der Waals surface area (Å²) in [5, 5.41) is 7.37. The number of carbonyl (C=O) groups is 3. The fraction of sp³-hybridized carbons (Fsp3) is 0.524. The Hall–Kier alpha value is -2.93. The van der Waals surface area contributed by atoms with E-state index in [-0.39, 0.29) is 24.1 Å². The van der Waals surface area contributed by atoms with Crippen LogP contribution in [0.4, 0.5) is 9.93 Å². The Morgan fingerprint density at radius 1 is 1.32 bits per heavy atom. The first-order chi connectivity index (χ1) is 16.2. The molecule has 1 saturated heterocycles. The zero-order valence-electron chi connectivity index (χ0n) is 19.2. The number of unbranched alkanes of at least 4 members (excludes halogenated alkanes) is 1. The largest absolute Gasteiger partial charge is 0.449 e. The van der Waals surface area contributed by atoms with Gasteiger partial charge in [-0.15, -0.1) is 11.3 Å². The van der Waals surface area contributed by atoms with E-state index in [0.717, 1.165) is 41.6 Å². The number of hydrogen-bond acceptors (Lipinski definition) is 8. The van der Waals surface area contributed by atoms with Crippen LogP contribution in [-0.2, 0) is 19.6 Å². The normalized spacial score (nSPS) is 16.2. The Morgan fingerprint density at radius 3 is 2.82 bits per heavy atom. The number of rotatable bonds is 9. The smallest absolute Gasteiger partial charge is 0.409 e. The van der Waals surface area contributed by atoms with Crippen LogP contribution in [0.25, 0.3) is 0 Å². The van der Waals surface area contributed by atoms with Gasteiger partial charge in [-0.3, -0.25) is 13.6 Å². The van der Waals surface area contributed by atoms with Crippen molar-refractivity contribution in [2.75, 3.05) is 37.8 Å². The van der Waals surface area contributed by atoms with Crippen molar-refractivity contribution in [2.45, 2.75) is 38.5 Å². The second-order valence-electron chi connectivity index (χ2n) is 8.05. The molecule has 13 heteroatoms. The monoisotopic (exact) mass is 511 g/mol. The maximum atomic E-state index is 12.2. The van der Waals surface area contributed by atoms with E-state index in [2.05, 4.69) is 15.6 Å². The Balaban J connectivity index is 1.48. The number of nitrogens with one attached hydrogen (secondary N) is 2. The zero-order valence-corrected chi connectivity index (χ0v) is 20.8. The molecule has 0 bridgehead atoms. The molecule has 3 amide bonds.